The van der Waals surface area contributed by atoms with Crippen LogP contribution in [0.3, 0.4) is 0 Å². The summed E-state index contributed by atoms with van der Waals surface area (Å²) in [6.07, 6.45) is 0. The number of hydrogen-bond acceptors (Lipinski definition) is 2. The molecule has 0 unspecified atom stereocenters. The molecule has 2 rings (SSSR count). The zero-order chi connectivity index (χ0) is 18.6. The molecule has 132 valence electrons. The molecule has 1 atom stereocenters. The first-order valence-corrected chi connectivity index (χ1v) is 8.46. The van der Waals surface area contributed by atoms with Crippen molar-refractivity contribution in [3.8, 4) is 0 Å². The third-order valence-electron chi connectivity index (χ3n) is 4.07. The Morgan fingerprint density at radius 3 is 2.00 bits per heavy atom. The predicted molar refractivity (Wildman–Crippen MR) is 102 cm³/mol. The molecule has 0 bridgehead atoms. The van der Waals surface area contributed by atoms with Crippen LogP contribution in [0.4, 0.5) is 5.69 Å². The van der Waals surface area contributed by atoms with Crippen LogP contribution < -0.4 is 10.6 Å². The molecular formula is C21H26N2O2. The number of carbonyl (C=O) groups excluding carboxylic acids is 2. The lowest BCUT2D eigenvalue weighted by atomic mass is 9.86. The van der Waals surface area contributed by atoms with E-state index >= 15 is 0 Å². The second-order valence-corrected chi connectivity index (χ2v) is 7.38. The van der Waals surface area contributed by atoms with Crippen LogP contribution in [0.25, 0.3) is 0 Å². The van der Waals surface area contributed by atoms with Gasteiger partial charge in [-0.15, -0.1) is 0 Å². The predicted octanol–water partition coefficient (Wildman–Crippen LogP) is 4.05. The van der Waals surface area contributed by atoms with E-state index in [1.165, 1.54) is 0 Å². The van der Waals surface area contributed by atoms with Gasteiger partial charge >= 0.3 is 0 Å². The van der Waals surface area contributed by atoms with E-state index in [1.807, 2.05) is 43.3 Å². The van der Waals surface area contributed by atoms with E-state index in [2.05, 4.69) is 31.4 Å². The molecule has 2 amide bonds. The van der Waals surface area contributed by atoms with Gasteiger partial charge in [-0.2, -0.15) is 0 Å². The summed E-state index contributed by atoms with van der Waals surface area (Å²) in [5.41, 5.74) is 3.58. The molecule has 2 aromatic rings. The third-order valence-corrected chi connectivity index (χ3v) is 4.07. The van der Waals surface area contributed by atoms with Crippen molar-refractivity contribution < 1.29 is 9.59 Å². The summed E-state index contributed by atoms with van der Waals surface area (Å²) in [7, 11) is 0. The molecule has 0 saturated carbocycles. The lowest BCUT2D eigenvalue weighted by Crippen LogP contribution is -2.41. The quantitative estimate of drug-likeness (QED) is 0.883. The standard InChI is InChI=1S/C21H26N2O2/c1-14-6-12-18(13-7-14)23-19(24)15(2)22-20(25)16-8-10-17(11-9-16)21(3,4)5/h6-13,15H,1-5H3,(H,22,25)(H,23,24)/t15-/m1/s1. The Morgan fingerprint density at radius 1 is 0.920 bits per heavy atom. The molecule has 2 N–H and O–H groups in total. The topological polar surface area (TPSA) is 58.2 Å². The van der Waals surface area contributed by atoms with Crippen LogP contribution in [0.5, 0.6) is 0 Å². The van der Waals surface area contributed by atoms with Crippen molar-refractivity contribution in [1.82, 2.24) is 5.32 Å². The van der Waals surface area contributed by atoms with Crippen molar-refractivity contribution in [3.63, 3.8) is 0 Å². The molecule has 0 aliphatic heterocycles. The highest BCUT2D eigenvalue weighted by atomic mass is 16.2. The van der Waals surface area contributed by atoms with Crippen LogP contribution in [0, 0.1) is 6.92 Å². The molecule has 4 nitrogen and oxygen atoms in total. The van der Waals surface area contributed by atoms with E-state index in [0.717, 1.165) is 11.1 Å². The molecule has 0 spiro atoms. The molecule has 0 heterocycles. The fraction of sp³-hybridized carbons (Fsp3) is 0.333. The first kappa shape index (κ1) is 18.7. The summed E-state index contributed by atoms with van der Waals surface area (Å²) >= 11 is 0. The van der Waals surface area contributed by atoms with Gasteiger partial charge in [-0.1, -0.05) is 50.6 Å². The maximum Gasteiger partial charge on any atom is 0.251 e. The van der Waals surface area contributed by atoms with Crippen molar-refractivity contribution in [2.75, 3.05) is 5.32 Å². The van der Waals surface area contributed by atoms with Gasteiger partial charge in [0, 0.05) is 11.3 Å². The number of hydrogen-bond donors (Lipinski definition) is 2. The highest BCUT2D eigenvalue weighted by Crippen LogP contribution is 2.22. The van der Waals surface area contributed by atoms with Crippen molar-refractivity contribution in [2.45, 2.75) is 46.1 Å². The van der Waals surface area contributed by atoms with Crippen LogP contribution in [0.1, 0.15) is 49.2 Å². The Bertz CT molecular complexity index is 741. The Morgan fingerprint density at radius 2 is 1.48 bits per heavy atom. The number of rotatable bonds is 4. The maximum atomic E-state index is 12.3. The molecule has 0 radical (unpaired) electrons. The van der Waals surface area contributed by atoms with Gasteiger partial charge in [-0.3, -0.25) is 9.59 Å². The normalized spacial score (nSPS) is 12.4. The van der Waals surface area contributed by atoms with Crippen molar-refractivity contribution in [2.24, 2.45) is 0 Å². The SMILES string of the molecule is Cc1ccc(NC(=O)[C@@H](C)NC(=O)c2ccc(C(C)(C)C)cc2)cc1. The first-order valence-electron chi connectivity index (χ1n) is 8.46. The lowest BCUT2D eigenvalue weighted by molar-refractivity contribution is -0.117. The summed E-state index contributed by atoms with van der Waals surface area (Å²) in [6.45, 7) is 10.0. The van der Waals surface area contributed by atoms with Gasteiger partial charge in [0.15, 0.2) is 0 Å². The largest absolute Gasteiger partial charge is 0.341 e. The first-order chi connectivity index (χ1) is 11.7. The monoisotopic (exact) mass is 338 g/mol. The van der Waals surface area contributed by atoms with Gasteiger partial charge in [-0.25, -0.2) is 0 Å². The fourth-order valence-corrected chi connectivity index (χ4v) is 2.35. The molecule has 0 aromatic heterocycles. The average Bonchev–Trinajstić information content (AvgIpc) is 2.56. The van der Waals surface area contributed by atoms with Crippen LogP contribution >= 0.6 is 0 Å². The molecule has 4 heteroatoms. The zero-order valence-corrected chi connectivity index (χ0v) is 15.5. The molecular weight excluding hydrogens is 312 g/mol. The van der Waals surface area contributed by atoms with Crippen LogP contribution in [-0.4, -0.2) is 17.9 Å². The summed E-state index contributed by atoms with van der Waals surface area (Å²) in [6, 6.07) is 14.4. The summed E-state index contributed by atoms with van der Waals surface area (Å²) < 4.78 is 0. The van der Waals surface area contributed by atoms with Gasteiger partial charge in [-0.05, 0) is 49.1 Å². The average molecular weight is 338 g/mol. The zero-order valence-electron chi connectivity index (χ0n) is 15.5. The maximum absolute atomic E-state index is 12.3. The summed E-state index contributed by atoms with van der Waals surface area (Å²) in [5.74, 6) is -0.504. The minimum atomic E-state index is -0.629. The molecule has 0 aliphatic rings. The Balaban J connectivity index is 1.97. The second kappa shape index (κ2) is 7.51. The molecule has 25 heavy (non-hydrogen) atoms. The Hall–Kier alpha value is -2.62. The minimum Gasteiger partial charge on any atom is -0.341 e. The van der Waals surface area contributed by atoms with Crippen molar-refractivity contribution >= 4 is 17.5 Å². The highest BCUT2D eigenvalue weighted by Gasteiger charge is 2.18. The molecule has 2 aromatic carbocycles. The summed E-state index contributed by atoms with van der Waals surface area (Å²) in [4.78, 5) is 24.6. The smallest absolute Gasteiger partial charge is 0.251 e. The van der Waals surface area contributed by atoms with Crippen LogP contribution in [0.15, 0.2) is 48.5 Å². The van der Waals surface area contributed by atoms with Gasteiger partial charge in [0.25, 0.3) is 5.91 Å². The lowest BCUT2D eigenvalue weighted by Gasteiger charge is -2.19. The number of anilines is 1. The van der Waals surface area contributed by atoms with Crippen molar-refractivity contribution in [3.05, 3.63) is 65.2 Å². The van der Waals surface area contributed by atoms with E-state index in [-0.39, 0.29) is 17.2 Å². The van der Waals surface area contributed by atoms with Gasteiger partial charge < -0.3 is 10.6 Å². The van der Waals surface area contributed by atoms with Crippen molar-refractivity contribution in [1.29, 1.82) is 0 Å². The number of amides is 2. The van der Waals surface area contributed by atoms with Crippen LogP contribution in [-0.2, 0) is 10.2 Å². The number of carbonyl (C=O) groups is 2. The third kappa shape index (κ3) is 5.18. The second-order valence-electron chi connectivity index (χ2n) is 7.38. The number of aryl methyl sites for hydroxylation is 1. The molecule has 0 fully saturated rings. The number of benzene rings is 2. The van der Waals surface area contributed by atoms with Gasteiger partial charge in [0.05, 0.1) is 0 Å². The highest BCUT2D eigenvalue weighted by molar-refractivity contribution is 6.00. The molecule has 0 aliphatic carbocycles. The van der Waals surface area contributed by atoms with E-state index in [1.54, 1.807) is 19.1 Å². The van der Waals surface area contributed by atoms with E-state index in [9.17, 15) is 9.59 Å². The number of nitrogens with one attached hydrogen (secondary N) is 2. The fourth-order valence-electron chi connectivity index (χ4n) is 2.35. The Labute approximate surface area is 149 Å². The van der Waals surface area contributed by atoms with E-state index in [4.69, 9.17) is 0 Å². The molecule has 0 saturated heterocycles. The Kier molecular flexibility index (Phi) is 5.62. The van der Waals surface area contributed by atoms with E-state index in [0.29, 0.717) is 11.3 Å². The van der Waals surface area contributed by atoms with Gasteiger partial charge in [0.1, 0.15) is 6.04 Å². The van der Waals surface area contributed by atoms with Crippen LogP contribution in [0.2, 0.25) is 0 Å². The minimum absolute atomic E-state index is 0.0379. The van der Waals surface area contributed by atoms with E-state index < -0.39 is 6.04 Å². The summed E-state index contributed by atoms with van der Waals surface area (Å²) in [5, 5.41) is 5.54. The van der Waals surface area contributed by atoms with Gasteiger partial charge in [0.2, 0.25) is 5.91 Å².